The van der Waals surface area contributed by atoms with Gasteiger partial charge in [0.25, 0.3) is 0 Å². The molecule has 0 saturated carbocycles. The minimum atomic E-state index is -0.275. The molecule has 138 valence electrons. The van der Waals surface area contributed by atoms with Gasteiger partial charge in [-0.2, -0.15) is 0 Å². The van der Waals surface area contributed by atoms with Gasteiger partial charge in [0.15, 0.2) is 5.78 Å². The molecule has 0 aromatic heterocycles. The highest BCUT2D eigenvalue weighted by Gasteiger charge is 2.23. The molecule has 4 heteroatoms. The summed E-state index contributed by atoms with van der Waals surface area (Å²) in [6.07, 6.45) is 0.606. The number of benzene rings is 3. The summed E-state index contributed by atoms with van der Waals surface area (Å²) in [7, 11) is 3.29. The highest BCUT2D eigenvalue weighted by Crippen LogP contribution is 2.28. The van der Waals surface area contributed by atoms with Crippen LogP contribution < -0.4 is 9.47 Å². The van der Waals surface area contributed by atoms with Crippen LogP contribution in [0.1, 0.15) is 27.4 Å². The number of hydrogen-bond donors (Lipinski definition) is 0. The van der Waals surface area contributed by atoms with E-state index in [2.05, 4.69) is 22.6 Å². The van der Waals surface area contributed by atoms with E-state index in [1.165, 1.54) is 0 Å². The molecule has 3 nitrogen and oxygen atoms in total. The van der Waals surface area contributed by atoms with Gasteiger partial charge in [0.2, 0.25) is 0 Å². The summed E-state index contributed by atoms with van der Waals surface area (Å²) in [5.41, 5.74) is 2.76. The molecule has 0 heterocycles. The molecule has 0 spiro atoms. The summed E-state index contributed by atoms with van der Waals surface area (Å²) in [6, 6.07) is 23.3. The van der Waals surface area contributed by atoms with E-state index in [1.807, 2.05) is 72.8 Å². The van der Waals surface area contributed by atoms with Crippen molar-refractivity contribution >= 4 is 28.4 Å². The van der Waals surface area contributed by atoms with Gasteiger partial charge >= 0.3 is 0 Å². The lowest BCUT2D eigenvalue weighted by Gasteiger charge is -2.18. The lowest BCUT2D eigenvalue weighted by Crippen LogP contribution is -2.16. The Labute approximate surface area is 173 Å². The Hall–Kier alpha value is -2.34. The average molecular weight is 472 g/mol. The Morgan fingerprint density at radius 1 is 0.889 bits per heavy atom. The van der Waals surface area contributed by atoms with Crippen LogP contribution in [0.3, 0.4) is 0 Å². The molecule has 0 aliphatic carbocycles. The van der Waals surface area contributed by atoms with Crippen LogP contribution in [0, 0.1) is 3.57 Å². The molecule has 3 aromatic rings. The SMILES string of the molecule is COc1ccc(C(Cc2cccc(OC)c2)C(=O)c2ccc(I)cc2)cc1. The number of ether oxygens (including phenoxy) is 2. The third kappa shape index (κ3) is 4.89. The Balaban J connectivity index is 1.96. The van der Waals surface area contributed by atoms with E-state index >= 15 is 0 Å². The second kappa shape index (κ2) is 9.04. The lowest BCUT2D eigenvalue weighted by atomic mass is 9.85. The second-order valence-corrected chi connectivity index (χ2v) is 7.50. The fraction of sp³-hybridized carbons (Fsp3) is 0.174. The maximum Gasteiger partial charge on any atom is 0.170 e. The van der Waals surface area contributed by atoms with Crippen LogP contribution in [0.2, 0.25) is 0 Å². The normalized spacial score (nSPS) is 11.7. The van der Waals surface area contributed by atoms with Crippen LogP contribution in [0.15, 0.2) is 72.8 Å². The number of ketones is 1. The first-order chi connectivity index (χ1) is 13.1. The third-order valence-electron chi connectivity index (χ3n) is 4.54. The largest absolute Gasteiger partial charge is 0.497 e. The Bertz CT molecular complexity index is 902. The van der Waals surface area contributed by atoms with E-state index in [4.69, 9.17) is 9.47 Å². The maximum atomic E-state index is 13.3. The molecule has 0 aliphatic rings. The van der Waals surface area contributed by atoms with Gasteiger partial charge in [0, 0.05) is 9.13 Å². The van der Waals surface area contributed by atoms with Gasteiger partial charge in [-0.3, -0.25) is 4.79 Å². The predicted molar refractivity (Wildman–Crippen MR) is 116 cm³/mol. The van der Waals surface area contributed by atoms with Crippen molar-refractivity contribution in [3.8, 4) is 11.5 Å². The fourth-order valence-electron chi connectivity index (χ4n) is 3.05. The molecule has 1 atom stereocenters. The zero-order valence-electron chi connectivity index (χ0n) is 15.3. The fourth-order valence-corrected chi connectivity index (χ4v) is 3.41. The van der Waals surface area contributed by atoms with Crippen molar-refractivity contribution in [3.63, 3.8) is 0 Å². The average Bonchev–Trinajstić information content (AvgIpc) is 2.72. The second-order valence-electron chi connectivity index (χ2n) is 6.25. The zero-order chi connectivity index (χ0) is 19.2. The van der Waals surface area contributed by atoms with Crippen LogP contribution in [0.4, 0.5) is 0 Å². The molecule has 3 rings (SSSR count). The van der Waals surface area contributed by atoms with E-state index in [9.17, 15) is 4.79 Å². The molecule has 0 radical (unpaired) electrons. The molecular formula is C23H21IO3. The highest BCUT2D eigenvalue weighted by atomic mass is 127. The molecular weight excluding hydrogens is 451 g/mol. The smallest absolute Gasteiger partial charge is 0.170 e. The lowest BCUT2D eigenvalue weighted by molar-refractivity contribution is 0.0958. The van der Waals surface area contributed by atoms with Gasteiger partial charge in [0.1, 0.15) is 11.5 Å². The maximum absolute atomic E-state index is 13.3. The summed E-state index contributed by atoms with van der Waals surface area (Å²) in [5, 5.41) is 0. The molecule has 1 unspecified atom stereocenters. The molecule has 0 bridgehead atoms. The molecule has 0 aliphatic heterocycles. The van der Waals surface area contributed by atoms with Gasteiger partial charge in [0.05, 0.1) is 20.1 Å². The van der Waals surface area contributed by atoms with Crippen molar-refractivity contribution in [2.45, 2.75) is 12.3 Å². The van der Waals surface area contributed by atoms with Crippen LogP contribution >= 0.6 is 22.6 Å². The number of carbonyl (C=O) groups is 1. The van der Waals surface area contributed by atoms with Gasteiger partial charge in [-0.1, -0.05) is 36.4 Å². The number of methoxy groups -OCH3 is 2. The Kier molecular flexibility index (Phi) is 6.50. The molecule has 0 saturated heterocycles. The number of rotatable bonds is 7. The van der Waals surface area contributed by atoms with Crippen LogP contribution in [-0.4, -0.2) is 20.0 Å². The number of carbonyl (C=O) groups excluding carboxylic acids is 1. The first-order valence-corrected chi connectivity index (χ1v) is 9.75. The Morgan fingerprint density at radius 3 is 2.19 bits per heavy atom. The van der Waals surface area contributed by atoms with Crippen molar-refractivity contribution in [2.24, 2.45) is 0 Å². The van der Waals surface area contributed by atoms with Crippen LogP contribution in [0.5, 0.6) is 11.5 Å². The molecule has 3 aromatic carbocycles. The van der Waals surface area contributed by atoms with E-state index in [-0.39, 0.29) is 11.7 Å². The minimum absolute atomic E-state index is 0.111. The highest BCUT2D eigenvalue weighted by molar-refractivity contribution is 14.1. The Morgan fingerprint density at radius 2 is 1.56 bits per heavy atom. The summed E-state index contributed by atoms with van der Waals surface area (Å²) in [5.74, 6) is 1.41. The summed E-state index contributed by atoms with van der Waals surface area (Å²) < 4.78 is 11.7. The molecule has 0 N–H and O–H groups in total. The minimum Gasteiger partial charge on any atom is -0.497 e. The van der Waals surface area contributed by atoms with Crippen LogP contribution in [-0.2, 0) is 6.42 Å². The quantitative estimate of drug-likeness (QED) is 0.336. The summed E-state index contributed by atoms with van der Waals surface area (Å²) >= 11 is 2.24. The van der Waals surface area contributed by atoms with E-state index in [0.717, 1.165) is 31.8 Å². The first kappa shape index (κ1) is 19.4. The van der Waals surface area contributed by atoms with Crippen molar-refractivity contribution in [2.75, 3.05) is 14.2 Å². The summed E-state index contributed by atoms with van der Waals surface area (Å²) in [6.45, 7) is 0. The van der Waals surface area contributed by atoms with E-state index < -0.39 is 0 Å². The first-order valence-electron chi connectivity index (χ1n) is 8.67. The monoisotopic (exact) mass is 472 g/mol. The molecule has 0 fully saturated rings. The summed E-state index contributed by atoms with van der Waals surface area (Å²) in [4.78, 5) is 13.3. The van der Waals surface area contributed by atoms with Gasteiger partial charge in [-0.05, 0) is 76.5 Å². The number of Topliss-reactive ketones (excluding diaryl/α,β-unsaturated/α-hetero) is 1. The van der Waals surface area contributed by atoms with E-state index in [0.29, 0.717) is 6.42 Å². The van der Waals surface area contributed by atoms with Crippen molar-refractivity contribution in [3.05, 3.63) is 93.1 Å². The van der Waals surface area contributed by atoms with Crippen molar-refractivity contribution in [1.82, 2.24) is 0 Å². The predicted octanol–water partition coefficient (Wildman–Crippen LogP) is 5.52. The number of hydrogen-bond acceptors (Lipinski definition) is 3. The number of halogens is 1. The zero-order valence-corrected chi connectivity index (χ0v) is 17.5. The van der Waals surface area contributed by atoms with Gasteiger partial charge in [-0.25, -0.2) is 0 Å². The molecule has 27 heavy (non-hydrogen) atoms. The standard InChI is InChI=1S/C23H21IO3/c1-26-20-12-8-17(9-13-20)22(15-16-4-3-5-21(14-16)27-2)23(25)18-6-10-19(24)11-7-18/h3-14,22H,15H2,1-2H3. The van der Waals surface area contributed by atoms with Crippen molar-refractivity contribution < 1.29 is 14.3 Å². The van der Waals surface area contributed by atoms with Crippen LogP contribution in [0.25, 0.3) is 0 Å². The topological polar surface area (TPSA) is 35.5 Å². The van der Waals surface area contributed by atoms with Crippen molar-refractivity contribution in [1.29, 1.82) is 0 Å². The third-order valence-corrected chi connectivity index (χ3v) is 5.26. The molecule has 0 amide bonds. The van der Waals surface area contributed by atoms with Gasteiger partial charge < -0.3 is 9.47 Å². The van der Waals surface area contributed by atoms with Gasteiger partial charge in [-0.15, -0.1) is 0 Å². The van der Waals surface area contributed by atoms with E-state index in [1.54, 1.807) is 14.2 Å².